The van der Waals surface area contributed by atoms with Gasteiger partial charge in [0.05, 0.1) is 18.3 Å². The van der Waals surface area contributed by atoms with Crippen LogP contribution in [0.2, 0.25) is 0 Å². The van der Waals surface area contributed by atoms with E-state index in [2.05, 4.69) is 9.97 Å². The molecule has 0 aliphatic carbocycles. The highest BCUT2D eigenvalue weighted by Crippen LogP contribution is 2.09. The molecular formula is C12H11N3O2S. The van der Waals surface area contributed by atoms with Crippen molar-refractivity contribution in [3.63, 3.8) is 0 Å². The topological polar surface area (TPSA) is 66.7 Å². The van der Waals surface area contributed by atoms with Crippen LogP contribution in [0.1, 0.15) is 11.5 Å². The van der Waals surface area contributed by atoms with Crippen molar-refractivity contribution in [2.75, 3.05) is 0 Å². The van der Waals surface area contributed by atoms with Gasteiger partial charge in [0.1, 0.15) is 11.3 Å². The fourth-order valence-corrected chi connectivity index (χ4v) is 2.23. The lowest BCUT2D eigenvalue weighted by molar-refractivity contribution is 0.487. The Morgan fingerprint density at radius 1 is 1.44 bits per heavy atom. The minimum absolute atomic E-state index is 0.141. The summed E-state index contributed by atoms with van der Waals surface area (Å²) in [6.45, 7) is 2.22. The number of hydrogen-bond acceptors (Lipinski definition) is 3. The molecule has 0 radical (unpaired) electrons. The first-order valence-electron chi connectivity index (χ1n) is 5.50. The first kappa shape index (κ1) is 11.0. The van der Waals surface area contributed by atoms with Gasteiger partial charge in [0.15, 0.2) is 4.77 Å². The lowest BCUT2D eigenvalue weighted by Crippen LogP contribution is -2.22. The van der Waals surface area contributed by atoms with Crippen LogP contribution < -0.4 is 5.56 Å². The van der Waals surface area contributed by atoms with Crippen LogP contribution in [0.4, 0.5) is 0 Å². The standard InChI is InChI=1S/C12H11N3O2S/c1-7-5-9-10(13-7)11(16)15(12(18)14-9)6-8-3-2-4-17-8/h2-5,13H,6H2,1H3,(H,14,18). The quantitative estimate of drug-likeness (QED) is 0.696. The second kappa shape index (κ2) is 3.99. The number of furan rings is 1. The van der Waals surface area contributed by atoms with E-state index in [1.54, 1.807) is 12.3 Å². The molecule has 92 valence electrons. The molecule has 0 aromatic carbocycles. The number of aromatic nitrogens is 3. The number of rotatable bonds is 2. The van der Waals surface area contributed by atoms with Gasteiger partial charge in [0.2, 0.25) is 0 Å². The SMILES string of the molecule is Cc1cc2[nH]c(=S)n(Cc3ccco3)c(=O)c2[nH]1. The van der Waals surface area contributed by atoms with Crippen LogP contribution in [0, 0.1) is 11.7 Å². The molecule has 0 saturated carbocycles. The first-order valence-corrected chi connectivity index (χ1v) is 5.91. The Morgan fingerprint density at radius 3 is 3.00 bits per heavy atom. The van der Waals surface area contributed by atoms with Crippen molar-refractivity contribution >= 4 is 23.3 Å². The highest BCUT2D eigenvalue weighted by molar-refractivity contribution is 7.71. The summed E-state index contributed by atoms with van der Waals surface area (Å²) in [7, 11) is 0. The first-order chi connectivity index (χ1) is 8.65. The average Bonchev–Trinajstić information content (AvgIpc) is 2.93. The van der Waals surface area contributed by atoms with Gasteiger partial charge < -0.3 is 14.4 Å². The molecule has 0 aliphatic rings. The molecule has 0 saturated heterocycles. The average molecular weight is 261 g/mol. The molecule has 0 bridgehead atoms. The zero-order valence-electron chi connectivity index (χ0n) is 9.69. The Labute approximate surface area is 107 Å². The summed E-state index contributed by atoms with van der Waals surface area (Å²) in [6.07, 6.45) is 1.57. The van der Waals surface area contributed by atoms with Crippen molar-refractivity contribution in [1.29, 1.82) is 0 Å². The summed E-state index contributed by atoms with van der Waals surface area (Å²) in [5.74, 6) is 0.694. The zero-order chi connectivity index (χ0) is 12.7. The van der Waals surface area contributed by atoms with Gasteiger partial charge in [-0.3, -0.25) is 9.36 Å². The van der Waals surface area contributed by atoms with Crippen molar-refractivity contribution in [2.45, 2.75) is 13.5 Å². The van der Waals surface area contributed by atoms with E-state index in [4.69, 9.17) is 16.6 Å². The third kappa shape index (κ3) is 1.70. The summed E-state index contributed by atoms with van der Waals surface area (Å²) in [5.41, 5.74) is 2.05. The van der Waals surface area contributed by atoms with E-state index < -0.39 is 0 Å². The molecule has 0 atom stereocenters. The maximum absolute atomic E-state index is 12.3. The van der Waals surface area contributed by atoms with E-state index in [-0.39, 0.29) is 5.56 Å². The highest BCUT2D eigenvalue weighted by Gasteiger charge is 2.09. The third-order valence-electron chi connectivity index (χ3n) is 2.79. The number of nitrogens with one attached hydrogen (secondary N) is 2. The van der Waals surface area contributed by atoms with Crippen LogP contribution >= 0.6 is 12.2 Å². The van der Waals surface area contributed by atoms with E-state index in [1.807, 2.05) is 19.1 Å². The Bertz CT molecular complexity index is 808. The Balaban J connectivity index is 2.23. The van der Waals surface area contributed by atoms with Crippen LogP contribution in [-0.4, -0.2) is 14.5 Å². The van der Waals surface area contributed by atoms with E-state index in [0.717, 1.165) is 11.2 Å². The fourth-order valence-electron chi connectivity index (χ4n) is 1.97. The van der Waals surface area contributed by atoms with Gasteiger partial charge in [0, 0.05) is 5.69 Å². The van der Waals surface area contributed by atoms with Crippen molar-refractivity contribution < 1.29 is 4.42 Å². The van der Waals surface area contributed by atoms with E-state index in [0.29, 0.717) is 22.6 Å². The Kier molecular flexibility index (Phi) is 2.45. The largest absolute Gasteiger partial charge is 0.467 e. The van der Waals surface area contributed by atoms with Gasteiger partial charge in [-0.2, -0.15) is 0 Å². The number of fused-ring (bicyclic) bond motifs is 1. The maximum atomic E-state index is 12.3. The molecule has 0 unspecified atom stereocenters. The third-order valence-corrected chi connectivity index (χ3v) is 3.11. The van der Waals surface area contributed by atoms with Gasteiger partial charge >= 0.3 is 0 Å². The van der Waals surface area contributed by atoms with Crippen molar-refractivity contribution in [3.8, 4) is 0 Å². The van der Waals surface area contributed by atoms with Gasteiger partial charge in [-0.25, -0.2) is 0 Å². The Hall–Kier alpha value is -2.08. The molecule has 5 nitrogen and oxygen atoms in total. The van der Waals surface area contributed by atoms with Crippen LogP contribution in [0.25, 0.3) is 11.0 Å². The van der Waals surface area contributed by atoms with Gasteiger partial charge in [0.25, 0.3) is 5.56 Å². The number of H-pyrrole nitrogens is 2. The van der Waals surface area contributed by atoms with Gasteiger partial charge in [-0.1, -0.05) is 0 Å². The minimum Gasteiger partial charge on any atom is -0.467 e. The molecule has 3 rings (SSSR count). The molecule has 3 heterocycles. The van der Waals surface area contributed by atoms with E-state index in [9.17, 15) is 4.79 Å². The van der Waals surface area contributed by atoms with Crippen molar-refractivity contribution in [2.24, 2.45) is 0 Å². The molecule has 3 aromatic rings. The predicted molar refractivity (Wildman–Crippen MR) is 70.3 cm³/mol. The molecule has 2 N–H and O–H groups in total. The van der Waals surface area contributed by atoms with Crippen molar-refractivity contribution in [3.05, 3.63) is 51.0 Å². The van der Waals surface area contributed by atoms with Crippen LogP contribution in [0.5, 0.6) is 0 Å². The molecule has 0 aliphatic heterocycles. The maximum Gasteiger partial charge on any atom is 0.279 e. The normalized spacial score (nSPS) is 11.2. The molecule has 3 aromatic heterocycles. The van der Waals surface area contributed by atoms with Crippen LogP contribution in [0.15, 0.2) is 33.7 Å². The number of hydrogen-bond donors (Lipinski definition) is 2. The minimum atomic E-state index is -0.141. The van der Waals surface area contributed by atoms with Crippen LogP contribution in [-0.2, 0) is 6.54 Å². The molecule has 0 amide bonds. The molecular weight excluding hydrogens is 250 g/mol. The predicted octanol–water partition coefficient (Wildman–Crippen LogP) is 2.34. The van der Waals surface area contributed by atoms with Gasteiger partial charge in [-0.05, 0) is 37.3 Å². The fraction of sp³-hybridized carbons (Fsp3) is 0.167. The Morgan fingerprint density at radius 2 is 2.28 bits per heavy atom. The summed E-state index contributed by atoms with van der Waals surface area (Å²) >= 11 is 5.20. The van der Waals surface area contributed by atoms with Crippen LogP contribution in [0.3, 0.4) is 0 Å². The summed E-state index contributed by atoms with van der Waals surface area (Å²) in [6, 6.07) is 5.46. The smallest absolute Gasteiger partial charge is 0.279 e. The zero-order valence-corrected chi connectivity index (χ0v) is 10.5. The number of aryl methyl sites for hydroxylation is 1. The molecule has 6 heteroatoms. The highest BCUT2D eigenvalue weighted by atomic mass is 32.1. The molecule has 0 spiro atoms. The lowest BCUT2D eigenvalue weighted by Gasteiger charge is -2.03. The summed E-state index contributed by atoms with van der Waals surface area (Å²) < 4.78 is 7.10. The lowest BCUT2D eigenvalue weighted by atomic mass is 10.4. The van der Waals surface area contributed by atoms with Gasteiger partial charge in [-0.15, -0.1) is 0 Å². The number of aromatic amines is 2. The number of nitrogens with zero attached hydrogens (tertiary/aromatic N) is 1. The molecule has 0 fully saturated rings. The second-order valence-corrected chi connectivity index (χ2v) is 4.53. The van der Waals surface area contributed by atoms with Crippen molar-refractivity contribution in [1.82, 2.24) is 14.5 Å². The molecule has 18 heavy (non-hydrogen) atoms. The van der Waals surface area contributed by atoms with E-state index in [1.165, 1.54) is 4.57 Å². The summed E-state index contributed by atoms with van der Waals surface area (Å²) in [4.78, 5) is 18.4. The summed E-state index contributed by atoms with van der Waals surface area (Å²) in [5, 5.41) is 0. The van der Waals surface area contributed by atoms with E-state index >= 15 is 0 Å². The monoisotopic (exact) mass is 261 g/mol. The second-order valence-electron chi connectivity index (χ2n) is 4.14.